The highest BCUT2D eigenvalue weighted by Crippen LogP contribution is 2.35. The Kier molecular flexibility index (Phi) is 5.71. The summed E-state index contributed by atoms with van der Waals surface area (Å²) in [6.45, 7) is 0.607. The molecule has 1 atom stereocenters. The van der Waals surface area contributed by atoms with Crippen LogP contribution >= 0.6 is 34.8 Å². The van der Waals surface area contributed by atoms with E-state index in [-0.39, 0.29) is 23.6 Å². The zero-order valence-corrected chi connectivity index (χ0v) is 18.6. The highest BCUT2D eigenvalue weighted by atomic mass is 35.5. The summed E-state index contributed by atoms with van der Waals surface area (Å²) in [5.74, 6) is -0.349. The van der Waals surface area contributed by atoms with Crippen molar-refractivity contribution in [2.75, 3.05) is 13.2 Å². The predicted octanol–water partition coefficient (Wildman–Crippen LogP) is 4.78. The maximum Gasteiger partial charge on any atom is 0.268 e. The summed E-state index contributed by atoms with van der Waals surface area (Å²) in [4.78, 5) is 24.8. The van der Waals surface area contributed by atoms with E-state index < -0.39 is 10.8 Å². The second-order valence-corrected chi connectivity index (χ2v) is 8.50. The number of halogens is 3. The number of hydrogen-bond acceptors (Lipinski definition) is 4. The SMILES string of the molecule is Cn1c(C(=O)NC2(c3ccc(C(=O)Cl)cc3C#N)CCOC2)cc2c(Cl)c(Cl)ccc21. The molecule has 2 aromatic carbocycles. The molecule has 1 fully saturated rings. The van der Waals surface area contributed by atoms with Crippen LogP contribution in [0.2, 0.25) is 10.0 Å². The smallest absolute Gasteiger partial charge is 0.268 e. The molecule has 1 aliphatic heterocycles. The molecule has 4 rings (SSSR count). The number of amides is 1. The molecule has 1 amide bonds. The van der Waals surface area contributed by atoms with Gasteiger partial charge in [0.2, 0.25) is 0 Å². The van der Waals surface area contributed by atoms with Crippen LogP contribution in [-0.2, 0) is 17.3 Å². The second kappa shape index (κ2) is 8.18. The first-order valence-corrected chi connectivity index (χ1v) is 10.5. The Morgan fingerprint density at radius 2 is 2.00 bits per heavy atom. The predicted molar refractivity (Wildman–Crippen MR) is 119 cm³/mol. The van der Waals surface area contributed by atoms with Crippen molar-refractivity contribution in [3.05, 3.63) is 68.8 Å². The third-order valence-corrected chi connectivity index (χ3v) is 6.64. The van der Waals surface area contributed by atoms with Gasteiger partial charge in [0.1, 0.15) is 5.69 Å². The minimum atomic E-state index is -0.923. The number of aromatic nitrogens is 1. The van der Waals surface area contributed by atoms with E-state index in [1.807, 2.05) is 0 Å². The van der Waals surface area contributed by atoms with Crippen LogP contribution in [0.5, 0.6) is 0 Å². The van der Waals surface area contributed by atoms with Crippen molar-refractivity contribution in [3.8, 4) is 6.07 Å². The van der Waals surface area contributed by atoms with Gasteiger partial charge < -0.3 is 14.6 Å². The van der Waals surface area contributed by atoms with Gasteiger partial charge in [-0.15, -0.1) is 0 Å². The molecular weight excluding hydrogens is 461 g/mol. The fraction of sp³-hybridized carbons (Fsp3) is 0.227. The molecule has 1 N–H and O–H groups in total. The highest BCUT2D eigenvalue weighted by molar-refractivity contribution is 6.67. The quantitative estimate of drug-likeness (QED) is 0.549. The summed E-state index contributed by atoms with van der Waals surface area (Å²) in [6, 6.07) is 11.9. The fourth-order valence-corrected chi connectivity index (χ4v) is 4.46. The van der Waals surface area contributed by atoms with Gasteiger partial charge in [-0.05, 0) is 47.5 Å². The van der Waals surface area contributed by atoms with Crippen LogP contribution in [0.3, 0.4) is 0 Å². The molecule has 0 bridgehead atoms. The Balaban J connectivity index is 1.76. The summed E-state index contributed by atoms with van der Waals surface area (Å²) < 4.78 is 7.32. The van der Waals surface area contributed by atoms with E-state index >= 15 is 0 Å². The normalized spacial score (nSPS) is 18.2. The molecule has 1 aromatic heterocycles. The van der Waals surface area contributed by atoms with E-state index in [2.05, 4.69) is 11.4 Å². The van der Waals surface area contributed by atoms with Crippen LogP contribution in [0.15, 0.2) is 36.4 Å². The number of nitriles is 1. The first kappa shape index (κ1) is 21.7. The van der Waals surface area contributed by atoms with Crippen LogP contribution in [-0.4, -0.2) is 28.9 Å². The average molecular weight is 477 g/mol. The number of nitrogens with one attached hydrogen (secondary N) is 1. The van der Waals surface area contributed by atoms with Gasteiger partial charge in [0.25, 0.3) is 11.1 Å². The monoisotopic (exact) mass is 475 g/mol. The lowest BCUT2D eigenvalue weighted by molar-refractivity contribution is 0.0867. The Labute approximate surface area is 193 Å². The van der Waals surface area contributed by atoms with E-state index in [0.717, 1.165) is 5.52 Å². The van der Waals surface area contributed by atoms with Crippen LogP contribution in [0.25, 0.3) is 10.9 Å². The number of nitrogens with zero attached hydrogens (tertiary/aromatic N) is 2. The van der Waals surface area contributed by atoms with E-state index in [1.54, 1.807) is 35.9 Å². The number of carbonyl (C=O) groups excluding carboxylic acids is 2. The average Bonchev–Trinajstić information content (AvgIpc) is 3.36. The van der Waals surface area contributed by atoms with E-state index in [0.29, 0.717) is 39.7 Å². The molecule has 3 aromatic rings. The molecule has 1 aliphatic rings. The number of carbonyl (C=O) groups is 2. The summed E-state index contributed by atoms with van der Waals surface area (Å²) in [5, 5.41) is 13.5. The summed E-state index contributed by atoms with van der Waals surface area (Å²) in [6.07, 6.45) is 0.470. The Hall–Kier alpha value is -2.56. The Morgan fingerprint density at radius 1 is 1.23 bits per heavy atom. The molecule has 9 heteroatoms. The lowest BCUT2D eigenvalue weighted by atomic mass is 9.85. The highest BCUT2D eigenvalue weighted by Gasteiger charge is 2.40. The molecule has 0 saturated carbocycles. The maximum absolute atomic E-state index is 13.3. The van der Waals surface area contributed by atoms with Crippen LogP contribution < -0.4 is 5.32 Å². The number of hydrogen-bond donors (Lipinski definition) is 1. The van der Waals surface area contributed by atoms with E-state index in [4.69, 9.17) is 39.5 Å². The molecular formula is C22H16Cl3N3O3. The third-order valence-electron chi connectivity index (χ3n) is 5.60. The fourth-order valence-electron chi connectivity index (χ4n) is 3.97. The van der Waals surface area contributed by atoms with Gasteiger partial charge in [0.15, 0.2) is 0 Å². The largest absolute Gasteiger partial charge is 0.379 e. The van der Waals surface area contributed by atoms with Crippen LogP contribution in [0.4, 0.5) is 0 Å². The zero-order valence-electron chi connectivity index (χ0n) is 16.3. The number of rotatable bonds is 4. The first-order valence-electron chi connectivity index (χ1n) is 9.35. The van der Waals surface area contributed by atoms with Crippen molar-refractivity contribution in [1.82, 2.24) is 9.88 Å². The van der Waals surface area contributed by atoms with Crippen molar-refractivity contribution in [2.45, 2.75) is 12.0 Å². The van der Waals surface area contributed by atoms with Gasteiger partial charge in [-0.2, -0.15) is 5.26 Å². The third kappa shape index (κ3) is 3.68. The van der Waals surface area contributed by atoms with Crippen molar-refractivity contribution in [2.24, 2.45) is 7.05 Å². The van der Waals surface area contributed by atoms with Crippen molar-refractivity contribution in [1.29, 1.82) is 5.26 Å². The maximum atomic E-state index is 13.3. The van der Waals surface area contributed by atoms with Crippen molar-refractivity contribution >= 4 is 56.9 Å². The van der Waals surface area contributed by atoms with E-state index in [9.17, 15) is 14.9 Å². The molecule has 2 heterocycles. The van der Waals surface area contributed by atoms with Gasteiger partial charge in [-0.1, -0.05) is 29.3 Å². The minimum Gasteiger partial charge on any atom is -0.379 e. The lowest BCUT2D eigenvalue weighted by Gasteiger charge is -2.30. The number of aryl methyl sites for hydroxylation is 1. The second-order valence-electron chi connectivity index (χ2n) is 7.37. The van der Waals surface area contributed by atoms with Crippen molar-refractivity contribution in [3.63, 3.8) is 0 Å². The number of benzene rings is 2. The number of ether oxygens (including phenoxy) is 1. The Bertz CT molecular complexity index is 1270. The number of fused-ring (bicyclic) bond motifs is 1. The first-order chi connectivity index (χ1) is 14.8. The molecule has 0 radical (unpaired) electrons. The molecule has 0 spiro atoms. The summed E-state index contributed by atoms with van der Waals surface area (Å²) in [5.41, 5.74) is 1.26. The topological polar surface area (TPSA) is 84.1 Å². The molecule has 6 nitrogen and oxygen atoms in total. The van der Waals surface area contributed by atoms with Gasteiger partial charge in [-0.25, -0.2) is 0 Å². The molecule has 0 aliphatic carbocycles. The molecule has 1 unspecified atom stereocenters. The molecule has 158 valence electrons. The lowest BCUT2D eigenvalue weighted by Crippen LogP contribution is -2.47. The van der Waals surface area contributed by atoms with Crippen LogP contribution in [0.1, 0.15) is 38.4 Å². The van der Waals surface area contributed by atoms with E-state index in [1.165, 1.54) is 12.1 Å². The minimum absolute atomic E-state index is 0.193. The van der Waals surface area contributed by atoms with Gasteiger partial charge in [0.05, 0.1) is 33.8 Å². The van der Waals surface area contributed by atoms with Crippen molar-refractivity contribution < 1.29 is 14.3 Å². The van der Waals surface area contributed by atoms with Crippen LogP contribution in [0, 0.1) is 11.3 Å². The molecule has 31 heavy (non-hydrogen) atoms. The van der Waals surface area contributed by atoms with Gasteiger partial charge >= 0.3 is 0 Å². The Morgan fingerprint density at radius 3 is 2.65 bits per heavy atom. The van der Waals surface area contributed by atoms with Gasteiger partial charge in [0, 0.05) is 36.5 Å². The summed E-state index contributed by atoms with van der Waals surface area (Å²) >= 11 is 18.0. The van der Waals surface area contributed by atoms with Gasteiger partial charge in [-0.3, -0.25) is 9.59 Å². The molecule has 1 saturated heterocycles. The summed E-state index contributed by atoms with van der Waals surface area (Å²) in [7, 11) is 1.76. The zero-order chi connectivity index (χ0) is 22.3. The standard InChI is InChI=1S/C22H16Cl3N3O3/c1-28-17-5-4-16(23)19(24)14(17)9-18(28)21(30)27-22(6-7-31-11-22)15-3-2-12(20(25)29)8-13(15)10-26/h2-5,8-9H,6-7,11H2,1H3,(H,27,30).